The molecule has 0 spiro atoms. The van der Waals surface area contributed by atoms with E-state index >= 15 is 0 Å². The summed E-state index contributed by atoms with van der Waals surface area (Å²) in [4.78, 5) is 25.4. The lowest BCUT2D eigenvalue weighted by Crippen LogP contribution is -2.58. The van der Waals surface area contributed by atoms with E-state index in [9.17, 15) is 35.1 Å². The number of phenolic OH excluding ortho intramolecular Hbond substituents is 2. The topological polar surface area (TPSA) is 189 Å². The Balaban J connectivity index is 1.79. The quantitative estimate of drug-likeness (QED) is 0.157. The van der Waals surface area contributed by atoms with Gasteiger partial charge in [0, 0.05) is 10.8 Å². The highest BCUT2D eigenvalue weighted by Gasteiger charge is 2.43. The first-order valence-electron chi connectivity index (χ1n) is 9.79. The van der Waals surface area contributed by atoms with Gasteiger partial charge in [-0.1, -0.05) is 0 Å². The van der Waals surface area contributed by atoms with Crippen LogP contribution in [0.4, 0.5) is 0 Å². The van der Waals surface area contributed by atoms with Gasteiger partial charge < -0.3 is 48.6 Å². The summed E-state index contributed by atoms with van der Waals surface area (Å²) in [6.45, 7) is 1.46. The summed E-state index contributed by atoms with van der Waals surface area (Å²) in [6, 6.07) is 2.19. The maximum absolute atomic E-state index is 12.7. The van der Waals surface area contributed by atoms with Crippen molar-refractivity contribution in [3.05, 3.63) is 33.0 Å². The smallest absolute Gasteiger partial charge is 0.344 e. The molecule has 0 saturated carbocycles. The van der Waals surface area contributed by atoms with Gasteiger partial charge in [0.1, 0.15) is 18.3 Å². The largest absolute Gasteiger partial charge is 0.504 e. The average Bonchev–Trinajstić information content (AvgIpc) is 2.78. The van der Waals surface area contributed by atoms with Crippen LogP contribution in [-0.4, -0.2) is 63.3 Å². The van der Waals surface area contributed by atoms with Gasteiger partial charge in [-0.25, -0.2) is 9.59 Å². The molecule has 1 aliphatic heterocycles. The zero-order valence-electron chi connectivity index (χ0n) is 17.1. The molecule has 4 aromatic rings. The van der Waals surface area contributed by atoms with Crippen LogP contribution in [0.15, 0.2) is 30.6 Å². The predicted molar refractivity (Wildman–Crippen MR) is 110 cm³/mol. The van der Waals surface area contributed by atoms with Crippen LogP contribution in [0.2, 0.25) is 0 Å². The Hall–Kier alpha value is -3.58. The van der Waals surface area contributed by atoms with Crippen molar-refractivity contribution in [1.82, 2.24) is 0 Å². The molecule has 12 nitrogen and oxygen atoms in total. The summed E-state index contributed by atoms with van der Waals surface area (Å²) in [5.74, 6) is -1.74. The van der Waals surface area contributed by atoms with Gasteiger partial charge in [-0.2, -0.15) is 0 Å². The zero-order valence-corrected chi connectivity index (χ0v) is 17.1. The average molecular weight is 462 g/mol. The highest BCUT2D eigenvalue weighted by molar-refractivity contribution is 6.22. The monoisotopic (exact) mass is 462 g/mol. The molecule has 5 unspecified atom stereocenters. The van der Waals surface area contributed by atoms with Crippen LogP contribution in [0.25, 0.3) is 32.7 Å². The fraction of sp³-hybridized carbons (Fsp3) is 0.333. The molecule has 2 aromatic heterocycles. The van der Waals surface area contributed by atoms with Crippen molar-refractivity contribution < 1.29 is 48.6 Å². The van der Waals surface area contributed by atoms with E-state index in [1.807, 2.05) is 0 Å². The van der Waals surface area contributed by atoms with Crippen LogP contribution in [0.1, 0.15) is 6.92 Å². The Morgan fingerprint density at radius 2 is 1.48 bits per heavy atom. The lowest BCUT2D eigenvalue weighted by atomic mass is 10.00. The summed E-state index contributed by atoms with van der Waals surface area (Å²) >= 11 is 0. The summed E-state index contributed by atoms with van der Waals surface area (Å²) in [7, 11) is 1.24. The molecule has 1 aliphatic rings. The molecule has 1 fully saturated rings. The number of ether oxygens (including phenoxy) is 3. The molecule has 33 heavy (non-hydrogen) atoms. The maximum atomic E-state index is 12.7. The number of hydrogen-bond donors (Lipinski definition) is 5. The lowest BCUT2D eigenvalue weighted by Gasteiger charge is -2.39. The van der Waals surface area contributed by atoms with Gasteiger partial charge in [-0.05, 0) is 19.1 Å². The lowest BCUT2D eigenvalue weighted by molar-refractivity contribution is -0.268. The molecule has 0 amide bonds. The summed E-state index contributed by atoms with van der Waals surface area (Å²) < 4.78 is 27.0. The number of aliphatic hydroxyl groups excluding tert-OH is 3. The van der Waals surface area contributed by atoms with E-state index in [0.29, 0.717) is 0 Å². The van der Waals surface area contributed by atoms with Crippen molar-refractivity contribution in [3.8, 4) is 23.0 Å². The van der Waals surface area contributed by atoms with Gasteiger partial charge in [-0.3, -0.25) is 0 Å². The van der Waals surface area contributed by atoms with Gasteiger partial charge in [0.2, 0.25) is 17.8 Å². The molecular formula is C21H18O12. The van der Waals surface area contributed by atoms with Gasteiger partial charge in [0.25, 0.3) is 0 Å². The van der Waals surface area contributed by atoms with Crippen molar-refractivity contribution in [2.45, 2.75) is 37.6 Å². The van der Waals surface area contributed by atoms with Gasteiger partial charge in [-0.15, -0.1) is 0 Å². The molecule has 12 heteroatoms. The van der Waals surface area contributed by atoms with Crippen molar-refractivity contribution in [2.75, 3.05) is 7.11 Å². The first-order chi connectivity index (χ1) is 15.6. The van der Waals surface area contributed by atoms with Crippen LogP contribution < -0.4 is 20.7 Å². The minimum atomic E-state index is -1.66. The Morgan fingerprint density at radius 3 is 2.15 bits per heavy atom. The summed E-state index contributed by atoms with van der Waals surface area (Å²) in [5, 5.41) is 50.1. The first-order valence-corrected chi connectivity index (χ1v) is 9.79. The number of aliphatic hydroxyl groups is 3. The van der Waals surface area contributed by atoms with E-state index in [0.717, 1.165) is 6.07 Å². The fourth-order valence-corrected chi connectivity index (χ4v) is 4.08. The second kappa shape index (κ2) is 7.22. The Kier molecular flexibility index (Phi) is 4.65. The molecule has 5 N–H and O–H groups in total. The molecule has 0 radical (unpaired) electrons. The van der Waals surface area contributed by atoms with Gasteiger partial charge in [0.15, 0.2) is 22.7 Å². The number of benzene rings is 2. The van der Waals surface area contributed by atoms with E-state index in [1.54, 1.807) is 0 Å². The van der Waals surface area contributed by atoms with E-state index in [1.165, 1.54) is 20.1 Å². The van der Waals surface area contributed by atoms with Crippen molar-refractivity contribution >= 4 is 32.7 Å². The Bertz CT molecular complexity index is 1500. The SMILES string of the molecule is COc1c(OC2OC(C)C(O)C(O)C2O)cc2c(=O)oc3c(O)c(O)cc4c(=O)oc1c2c34. The standard InChI is InChI=1S/C21H18O12/c1-5-12(23)14(25)15(26)21(30-5)31-9-4-7-11-10-6(19(27)33-18(11)16(9)29-2)3-8(22)13(24)17(10)32-20(7)28/h3-5,12,14-15,21-26H,1-2H3. The number of hydrogen-bond acceptors (Lipinski definition) is 12. The van der Waals surface area contributed by atoms with Crippen LogP contribution >= 0.6 is 0 Å². The normalized spacial score (nSPS) is 25.8. The van der Waals surface area contributed by atoms with Gasteiger partial charge >= 0.3 is 11.3 Å². The summed E-state index contributed by atoms with van der Waals surface area (Å²) in [6.07, 6.45) is -6.96. The van der Waals surface area contributed by atoms with Crippen LogP contribution in [-0.2, 0) is 4.74 Å². The second-order valence-corrected chi connectivity index (χ2v) is 7.73. The van der Waals surface area contributed by atoms with E-state index < -0.39 is 59.0 Å². The van der Waals surface area contributed by atoms with Crippen LogP contribution in [0, 0.1) is 0 Å². The van der Waals surface area contributed by atoms with Crippen molar-refractivity contribution in [2.24, 2.45) is 0 Å². The molecular weight excluding hydrogens is 444 g/mol. The Labute approximate surface area is 182 Å². The van der Waals surface area contributed by atoms with Gasteiger partial charge in [0.05, 0.1) is 24.0 Å². The molecule has 1 saturated heterocycles. The van der Waals surface area contributed by atoms with E-state index in [2.05, 4.69) is 0 Å². The van der Waals surface area contributed by atoms with E-state index in [-0.39, 0.29) is 38.6 Å². The number of aromatic hydroxyl groups is 2. The highest BCUT2D eigenvalue weighted by atomic mass is 16.7. The second-order valence-electron chi connectivity index (χ2n) is 7.73. The minimum Gasteiger partial charge on any atom is -0.504 e. The maximum Gasteiger partial charge on any atom is 0.344 e. The third-order valence-electron chi connectivity index (χ3n) is 5.77. The molecule has 2 aromatic carbocycles. The van der Waals surface area contributed by atoms with Crippen molar-refractivity contribution in [3.63, 3.8) is 0 Å². The predicted octanol–water partition coefficient (Wildman–Crippen LogP) is 0.116. The molecule has 3 heterocycles. The number of rotatable bonds is 3. The third kappa shape index (κ3) is 2.92. The molecule has 0 bridgehead atoms. The first kappa shape index (κ1) is 21.3. The van der Waals surface area contributed by atoms with Crippen molar-refractivity contribution in [1.29, 1.82) is 0 Å². The minimum absolute atomic E-state index is 0.0251. The van der Waals surface area contributed by atoms with Crippen LogP contribution in [0.3, 0.4) is 0 Å². The molecule has 0 aliphatic carbocycles. The summed E-state index contributed by atoms with van der Waals surface area (Å²) in [5.41, 5.74) is -2.50. The molecule has 5 rings (SSSR count). The molecule has 5 atom stereocenters. The Morgan fingerprint density at radius 1 is 0.879 bits per heavy atom. The molecule has 174 valence electrons. The van der Waals surface area contributed by atoms with E-state index in [4.69, 9.17) is 23.0 Å². The highest BCUT2D eigenvalue weighted by Crippen LogP contribution is 2.45. The van der Waals surface area contributed by atoms with Crippen LogP contribution in [0.5, 0.6) is 23.0 Å². The number of phenols is 2. The third-order valence-corrected chi connectivity index (χ3v) is 5.77. The zero-order chi connectivity index (χ0) is 23.8. The number of methoxy groups -OCH3 is 1. The fourth-order valence-electron chi connectivity index (χ4n) is 4.08.